The number of carbonyl (C=O) groups excluding carboxylic acids is 1. The summed E-state index contributed by atoms with van der Waals surface area (Å²) in [4.78, 5) is 19.5. The molecule has 0 saturated heterocycles. The Morgan fingerprint density at radius 3 is 3.06 bits per heavy atom. The highest BCUT2D eigenvalue weighted by molar-refractivity contribution is 7.09. The molecule has 0 saturated carbocycles. The Hall–Kier alpha value is -1.75. The van der Waals surface area contributed by atoms with Crippen LogP contribution in [0, 0.1) is 6.92 Å². The molecule has 0 amide bonds. The van der Waals surface area contributed by atoms with Crippen LogP contribution in [-0.4, -0.2) is 15.9 Å². The lowest BCUT2D eigenvalue weighted by molar-refractivity contribution is 0.0466. The number of aryl methyl sites for hydroxylation is 1. The Balaban J connectivity index is 1.94. The quantitative estimate of drug-likeness (QED) is 0.764. The van der Waals surface area contributed by atoms with Crippen molar-refractivity contribution < 1.29 is 9.53 Å². The van der Waals surface area contributed by atoms with Gasteiger partial charge in [0.1, 0.15) is 6.61 Å². The highest BCUT2D eigenvalue weighted by Crippen LogP contribution is 2.10. The number of ether oxygens (including phenoxy) is 1. The minimum Gasteiger partial charge on any atom is -0.456 e. The molecule has 2 aromatic rings. The van der Waals surface area contributed by atoms with Crippen LogP contribution in [0.3, 0.4) is 0 Å². The Bertz CT molecular complexity index is 482. The second kappa shape index (κ2) is 4.85. The summed E-state index contributed by atoms with van der Waals surface area (Å²) in [6.45, 7) is 2.08. The first-order chi connectivity index (χ1) is 7.75. The van der Waals surface area contributed by atoms with E-state index < -0.39 is 5.97 Å². The second-order valence-electron chi connectivity index (χ2n) is 3.19. The summed E-state index contributed by atoms with van der Waals surface area (Å²) in [5.41, 5.74) is 1.23. The highest BCUT2D eigenvalue weighted by atomic mass is 32.1. The van der Waals surface area contributed by atoms with Gasteiger partial charge in [0.25, 0.3) is 0 Å². The lowest BCUT2D eigenvalue weighted by Gasteiger charge is -2.01. The van der Waals surface area contributed by atoms with E-state index in [1.807, 2.05) is 13.0 Å². The van der Waals surface area contributed by atoms with Crippen molar-refractivity contribution >= 4 is 17.3 Å². The van der Waals surface area contributed by atoms with Crippen LogP contribution in [-0.2, 0) is 11.3 Å². The number of rotatable bonds is 3. The lowest BCUT2D eigenvalue weighted by atomic mass is 10.3. The molecule has 0 bridgehead atoms. The molecular weight excluding hydrogens is 224 g/mol. The van der Waals surface area contributed by atoms with Crippen LogP contribution >= 0.6 is 11.3 Å². The van der Waals surface area contributed by atoms with Gasteiger partial charge in [0, 0.05) is 23.3 Å². The van der Waals surface area contributed by atoms with Gasteiger partial charge in [0.2, 0.25) is 0 Å². The fourth-order valence-corrected chi connectivity index (χ4v) is 1.75. The van der Waals surface area contributed by atoms with E-state index in [1.165, 1.54) is 11.3 Å². The number of esters is 1. The van der Waals surface area contributed by atoms with Gasteiger partial charge in [-0.25, -0.2) is 9.78 Å². The van der Waals surface area contributed by atoms with Crippen molar-refractivity contribution in [3.05, 3.63) is 46.2 Å². The fraction of sp³-hybridized carbons (Fsp3) is 0.182. The summed E-state index contributed by atoms with van der Waals surface area (Å²) in [6.07, 6.45) is 3.34. The average Bonchev–Trinajstić information content (AvgIpc) is 2.74. The van der Waals surface area contributed by atoms with E-state index in [4.69, 9.17) is 4.74 Å². The predicted octanol–water partition coefficient (Wildman–Crippen LogP) is 2.20. The van der Waals surface area contributed by atoms with Gasteiger partial charge in [-0.15, -0.1) is 11.3 Å². The van der Waals surface area contributed by atoms with Gasteiger partial charge in [-0.1, -0.05) is 6.07 Å². The molecule has 0 unspecified atom stereocenters. The van der Waals surface area contributed by atoms with Crippen LogP contribution < -0.4 is 0 Å². The topological polar surface area (TPSA) is 52.1 Å². The molecule has 0 aromatic carbocycles. The number of hydrogen-bond donors (Lipinski definition) is 0. The number of aromatic nitrogens is 2. The van der Waals surface area contributed by atoms with Crippen LogP contribution in [0.1, 0.15) is 21.1 Å². The first-order valence-corrected chi connectivity index (χ1v) is 5.62. The summed E-state index contributed by atoms with van der Waals surface area (Å²) in [6, 6.07) is 3.66. The normalized spacial score (nSPS) is 10.1. The molecule has 2 rings (SSSR count). The molecule has 16 heavy (non-hydrogen) atoms. The largest absolute Gasteiger partial charge is 0.456 e. The van der Waals surface area contributed by atoms with Crippen molar-refractivity contribution in [1.82, 2.24) is 9.97 Å². The summed E-state index contributed by atoms with van der Waals surface area (Å²) >= 11 is 1.43. The summed E-state index contributed by atoms with van der Waals surface area (Å²) in [5, 5.41) is 2.55. The maximum Gasteiger partial charge on any atom is 0.358 e. The molecule has 2 heterocycles. The van der Waals surface area contributed by atoms with E-state index in [0.717, 1.165) is 10.6 Å². The molecule has 0 spiro atoms. The van der Waals surface area contributed by atoms with Gasteiger partial charge in [-0.05, 0) is 13.0 Å². The maximum absolute atomic E-state index is 11.5. The summed E-state index contributed by atoms with van der Waals surface area (Å²) < 4.78 is 5.09. The molecule has 0 aliphatic heterocycles. The smallest absolute Gasteiger partial charge is 0.358 e. The molecule has 2 aromatic heterocycles. The zero-order valence-electron chi connectivity index (χ0n) is 8.71. The van der Waals surface area contributed by atoms with Gasteiger partial charge in [0.15, 0.2) is 5.69 Å². The first-order valence-electron chi connectivity index (χ1n) is 4.74. The van der Waals surface area contributed by atoms with Gasteiger partial charge >= 0.3 is 5.97 Å². The van der Waals surface area contributed by atoms with Crippen LogP contribution in [0.4, 0.5) is 0 Å². The van der Waals surface area contributed by atoms with E-state index in [1.54, 1.807) is 23.8 Å². The average molecular weight is 234 g/mol. The predicted molar refractivity (Wildman–Crippen MR) is 60.2 cm³/mol. The van der Waals surface area contributed by atoms with Crippen molar-refractivity contribution in [2.45, 2.75) is 13.5 Å². The fourth-order valence-electron chi connectivity index (χ4n) is 1.16. The number of pyridine rings is 1. The van der Waals surface area contributed by atoms with Crippen molar-refractivity contribution in [3.8, 4) is 0 Å². The Labute approximate surface area is 96.9 Å². The van der Waals surface area contributed by atoms with E-state index in [9.17, 15) is 4.79 Å². The number of nitrogens with zero attached hydrogens (tertiary/aromatic N) is 2. The molecule has 0 fully saturated rings. The zero-order valence-corrected chi connectivity index (χ0v) is 9.53. The van der Waals surface area contributed by atoms with Gasteiger partial charge in [0.05, 0.1) is 5.01 Å². The first kappa shape index (κ1) is 10.8. The Morgan fingerprint density at radius 1 is 1.56 bits per heavy atom. The van der Waals surface area contributed by atoms with E-state index in [2.05, 4.69) is 9.97 Å². The molecular formula is C11H10N2O2S. The Kier molecular flexibility index (Phi) is 3.26. The van der Waals surface area contributed by atoms with Gasteiger partial charge in [-0.3, -0.25) is 4.98 Å². The van der Waals surface area contributed by atoms with E-state index >= 15 is 0 Å². The minimum atomic E-state index is -0.395. The lowest BCUT2D eigenvalue weighted by Crippen LogP contribution is -2.05. The van der Waals surface area contributed by atoms with Crippen molar-refractivity contribution in [2.75, 3.05) is 0 Å². The monoisotopic (exact) mass is 234 g/mol. The maximum atomic E-state index is 11.5. The molecule has 0 N–H and O–H groups in total. The third-order valence-electron chi connectivity index (χ3n) is 1.92. The summed E-state index contributed by atoms with van der Waals surface area (Å²) in [5.74, 6) is -0.395. The molecule has 0 atom stereocenters. The van der Waals surface area contributed by atoms with Crippen LogP contribution in [0.2, 0.25) is 0 Å². The molecule has 0 aliphatic rings. The number of hydrogen-bond acceptors (Lipinski definition) is 5. The zero-order chi connectivity index (χ0) is 11.4. The standard InChI is InChI=1S/C11H10N2O2S/c1-8-13-10(7-16-8)11(14)15-6-9-3-2-4-12-5-9/h2-5,7H,6H2,1H3. The third kappa shape index (κ3) is 2.64. The number of carbonyl (C=O) groups is 1. The molecule has 5 heteroatoms. The van der Waals surface area contributed by atoms with Crippen molar-refractivity contribution in [1.29, 1.82) is 0 Å². The Morgan fingerprint density at radius 2 is 2.44 bits per heavy atom. The summed E-state index contributed by atoms with van der Waals surface area (Å²) in [7, 11) is 0. The highest BCUT2D eigenvalue weighted by Gasteiger charge is 2.10. The van der Waals surface area contributed by atoms with Crippen molar-refractivity contribution in [3.63, 3.8) is 0 Å². The molecule has 0 radical (unpaired) electrons. The van der Waals surface area contributed by atoms with Crippen LogP contribution in [0.25, 0.3) is 0 Å². The minimum absolute atomic E-state index is 0.225. The van der Waals surface area contributed by atoms with Crippen LogP contribution in [0.15, 0.2) is 29.9 Å². The van der Waals surface area contributed by atoms with E-state index in [-0.39, 0.29) is 6.61 Å². The number of thiazole rings is 1. The van der Waals surface area contributed by atoms with Gasteiger partial charge in [-0.2, -0.15) is 0 Å². The molecule has 4 nitrogen and oxygen atoms in total. The molecule has 82 valence electrons. The van der Waals surface area contributed by atoms with Crippen LogP contribution in [0.5, 0.6) is 0 Å². The van der Waals surface area contributed by atoms with Crippen molar-refractivity contribution in [2.24, 2.45) is 0 Å². The molecule has 0 aliphatic carbocycles. The second-order valence-corrected chi connectivity index (χ2v) is 4.25. The SMILES string of the molecule is Cc1nc(C(=O)OCc2cccnc2)cs1. The van der Waals surface area contributed by atoms with E-state index in [0.29, 0.717) is 5.69 Å². The third-order valence-corrected chi connectivity index (χ3v) is 2.69. The van der Waals surface area contributed by atoms with Gasteiger partial charge < -0.3 is 4.74 Å².